The highest BCUT2D eigenvalue weighted by Gasteiger charge is 2.26. The summed E-state index contributed by atoms with van der Waals surface area (Å²) in [5, 5.41) is 2.92. The van der Waals surface area contributed by atoms with Crippen molar-refractivity contribution in [3.63, 3.8) is 0 Å². The normalized spacial score (nSPS) is 10.7. The fraction of sp³-hybridized carbons (Fsp3) is 0.143. The van der Waals surface area contributed by atoms with Crippen molar-refractivity contribution in [2.45, 2.75) is 20.4 Å². The van der Waals surface area contributed by atoms with Crippen LogP contribution in [0.5, 0.6) is 0 Å². The fourth-order valence-corrected chi connectivity index (χ4v) is 3.89. The summed E-state index contributed by atoms with van der Waals surface area (Å²) in [5.74, 6) is -1.35. The van der Waals surface area contributed by atoms with E-state index in [1.54, 1.807) is 42.0 Å². The molecule has 0 saturated heterocycles. The summed E-state index contributed by atoms with van der Waals surface area (Å²) in [4.78, 5) is 26.3. The van der Waals surface area contributed by atoms with Gasteiger partial charge in [-0.2, -0.15) is 0 Å². The number of benzene rings is 3. The number of carbonyl (C=O) groups is 2. The van der Waals surface area contributed by atoms with Gasteiger partial charge in [0, 0.05) is 23.9 Å². The molecule has 1 amide bonds. The smallest absolute Gasteiger partial charge is 0.357 e. The van der Waals surface area contributed by atoms with E-state index in [1.807, 2.05) is 49.4 Å². The maximum atomic E-state index is 14.1. The van der Waals surface area contributed by atoms with Gasteiger partial charge in [-0.15, -0.1) is 0 Å². The molecule has 0 saturated carbocycles. The minimum atomic E-state index is -0.568. The van der Waals surface area contributed by atoms with Crippen molar-refractivity contribution in [3.05, 3.63) is 113 Å². The van der Waals surface area contributed by atoms with E-state index in [9.17, 15) is 14.0 Å². The zero-order valence-electron chi connectivity index (χ0n) is 19.0. The average Bonchev–Trinajstić information content (AvgIpc) is 3.17. The summed E-state index contributed by atoms with van der Waals surface area (Å²) in [6, 6.07) is 22.9. The molecule has 0 atom stereocenters. The molecule has 0 radical (unpaired) electrons. The highest BCUT2D eigenvalue weighted by atomic mass is 19.1. The Morgan fingerprint density at radius 1 is 0.971 bits per heavy atom. The Morgan fingerprint density at radius 3 is 2.41 bits per heavy atom. The van der Waals surface area contributed by atoms with Gasteiger partial charge in [-0.3, -0.25) is 4.79 Å². The van der Waals surface area contributed by atoms with E-state index in [0.717, 1.165) is 11.1 Å². The fourth-order valence-electron chi connectivity index (χ4n) is 3.89. The maximum Gasteiger partial charge on any atom is 0.357 e. The van der Waals surface area contributed by atoms with Crippen LogP contribution < -0.4 is 5.32 Å². The van der Waals surface area contributed by atoms with Crippen molar-refractivity contribution < 1.29 is 18.7 Å². The van der Waals surface area contributed by atoms with Crippen LogP contribution in [0.15, 0.2) is 85.1 Å². The summed E-state index contributed by atoms with van der Waals surface area (Å²) in [6.07, 6.45) is 1.75. The lowest BCUT2D eigenvalue weighted by Gasteiger charge is -2.13. The molecule has 34 heavy (non-hydrogen) atoms. The standard InChI is InChI=1S/C28H25FN2O3/c1-3-34-28(33)26-25(30-27(32)23-15-8-7-10-19(23)2)24(21-13-9-14-22(29)16-21)18-31(26)17-20-11-5-4-6-12-20/h4-16,18H,3,17H2,1-2H3,(H,30,32). The second kappa shape index (κ2) is 10.2. The first-order chi connectivity index (χ1) is 16.5. The lowest BCUT2D eigenvalue weighted by atomic mass is 10.1. The molecule has 4 aromatic rings. The molecule has 5 nitrogen and oxygen atoms in total. The van der Waals surface area contributed by atoms with Crippen LogP contribution >= 0.6 is 0 Å². The van der Waals surface area contributed by atoms with E-state index in [0.29, 0.717) is 23.2 Å². The highest BCUT2D eigenvalue weighted by Crippen LogP contribution is 2.35. The molecule has 1 heterocycles. The number of ether oxygens (including phenoxy) is 1. The molecule has 0 fully saturated rings. The molecular formula is C28H25FN2O3. The first-order valence-electron chi connectivity index (χ1n) is 11.0. The van der Waals surface area contributed by atoms with Gasteiger partial charge >= 0.3 is 5.97 Å². The van der Waals surface area contributed by atoms with Crippen molar-refractivity contribution in [1.82, 2.24) is 4.57 Å². The van der Waals surface area contributed by atoms with Gasteiger partial charge in [0.15, 0.2) is 5.69 Å². The average molecular weight is 457 g/mol. The second-order valence-electron chi connectivity index (χ2n) is 7.88. The van der Waals surface area contributed by atoms with Gasteiger partial charge in [-0.05, 0) is 48.7 Å². The van der Waals surface area contributed by atoms with E-state index >= 15 is 0 Å². The summed E-state index contributed by atoms with van der Waals surface area (Å²) in [6.45, 7) is 4.12. The van der Waals surface area contributed by atoms with E-state index in [4.69, 9.17) is 4.74 Å². The molecule has 0 aliphatic carbocycles. The van der Waals surface area contributed by atoms with Gasteiger partial charge < -0.3 is 14.6 Å². The number of halogens is 1. The Kier molecular flexibility index (Phi) is 6.87. The van der Waals surface area contributed by atoms with Crippen LogP contribution in [0.1, 0.15) is 38.9 Å². The number of nitrogens with one attached hydrogen (secondary N) is 1. The van der Waals surface area contributed by atoms with Crippen LogP contribution in [0.4, 0.5) is 10.1 Å². The molecule has 6 heteroatoms. The van der Waals surface area contributed by atoms with Gasteiger partial charge in [-0.25, -0.2) is 9.18 Å². The Bertz CT molecular complexity index is 1330. The van der Waals surface area contributed by atoms with Crippen LogP contribution in [-0.4, -0.2) is 23.1 Å². The molecule has 1 N–H and O–H groups in total. The van der Waals surface area contributed by atoms with E-state index in [2.05, 4.69) is 5.32 Å². The number of rotatable bonds is 7. The number of aromatic nitrogens is 1. The third kappa shape index (κ3) is 4.91. The molecule has 3 aromatic carbocycles. The predicted molar refractivity (Wildman–Crippen MR) is 130 cm³/mol. The van der Waals surface area contributed by atoms with E-state index in [-0.39, 0.29) is 23.9 Å². The summed E-state index contributed by atoms with van der Waals surface area (Å²) >= 11 is 0. The van der Waals surface area contributed by atoms with E-state index in [1.165, 1.54) is 12.1 Å². The number of anilines is 1. The Hall–Kier alpha value is -4.19. The first-order valence-corrected chi connectivity index (χ1v) is 11.0. The van der Waals surface area contributed by atoms with Gasteiger partial charge in [0.1, 0.15) is 5.82 Å². The first kappa shape index (κ1) is 23.0. The largest absolute Gasteiger partial charge is 0.461 e. The Morgan fingerprint density at radius 2 is 1.71 bits per heavy atom. The number of hydrogen-bond acceptors (Lipinski definition) is 3. The number of amides is 1. The monoisotopic (exact) mass is 456 g/mol. The Labute approximate surface area is 197 Å². The molecule has 4 rings (SSSR count). The number of carbonyl (C=O) groups excluding carboxylic acids is 2. The third-order valence-corrected chi connectivity index (χ3v) is 5.51. The zero-order valence-corrected chi connectivity index (χ0v) is 19.0. The van der Waals surface area contributed by atoms with Gasteiger partial charge in [0.2, 0.25) is 0 Å². The molecule has 0 spiro atoms. The lowest BCUT2D eigenvalue weighted by Crippen LogP contribution is -2.19. The molecule has 0 aliphatic rings. The second-order valence-corrected chi connectivity index (χ2v) is 7.88. The number of nitrogens with zero attached hydrogens (tertiary/aromatic N) is 1. The van der Waals surface area contributed by atoms with Crippen LogP contribution in [0.2, 0.25) is 0 Å². The molecule has 0 bridgehead atoms. The molecule has 1 aromatic heterocycles. The zero-order chi connectivity index (χ0) is 24.1. The minimum absolute atomic E-state index is 0.176. The molecule has 0 aliphatic heterocycles. The maximum absolute atomic E-state index is 14.1. The van der Waals surface area contributed by atoms with Crippen molar-refractivity contribution >= 4 is 17.6 Å². The number of aryl methyl sites for hydroxylation is 1. The number of hydrogen-bond donors (Lipinski definition) is 1. The minimum Gasteiger partial charge on any atom is -0.461 e. The van der Waals surface area contributed by atoms with E-state index < -0.39 is 11.8 Å². The van der Waals surface area contributed by atoms with Crippen molar-refractivity contribution in [1.29, 1.82) is 0 Å². The van der Waals surface area contributed by atoms with Crippen molar-refractivity contribution in [3.8, 4) is 11.1 Å². The molecule has 0 unspecified atom stereocenters. The van der Waals surface area contributed by atoms with Crippen LogP contribution in [0.25, 0.3) is 11.1 Å². The quantitative estimate of drug-likeness (QED) is 0.343. The van der Waals surface area contributed by atoms with Gasteiger partial charge in [0.25, 0.3) is 5.91 Å². The molecular weight excluding hydrogens is 431 g/mol. The lowest BCUT2D eigenvalue weighted by molar-refractivity contribution is 0.0515. The SMILES string of the molecule is CCOC(=O)c1c(NC(=O)c2ccccc2C)c(-c2cccc(F)c2)cn1Cc1ccccc1. The summed E-state index contributed by atoms with van der Waals surface area (Å²) in [7, 11) is 0. The predicted octanol–water partition coefficient (Wildman–Crippen LogP) is 6.08. The van der Waals surface area contributed by atoms with Gasteiger partial charge in [0.05, 0.1) is 12.3 Å². The Balaban J connectivity index is 1.88. The van der Waals surface area contributed by atoms with Crippen molar-refractivity contribution in [2.24, 2.45) is 0 Å². The summed E-state index contributed by atoms with van der Waals surface area (Å²) < 4.78 is 21.2. The van der Waals surface area contributed by atoms with Crippen molar-refractivity contribution in [2.75, 3.05) is 11.9 Å². The molecule has 172 valence electrons. The van der Waals surface area contributed by atoms with Crippen LogP contribution in [0, 0.1) is 12.7 Å². The summed E-state index contributed by atoms with van der Waals surface area (Å²) in [5.41, 5.74) is 3.80. The highest BCUT2D eigenvalue weighted by molar-refractivity contribution is 6.11. The van der Waals surface area contributed by atoms with Gasteiger partial charge in [-0.1, -0.05) is 60.7 Å². The topological polar surface area (TPSA) is 60.3 Å². The number of esters is 1. The van der Waals surface area contributed by atoms with Crippen LogP contribution in [0.3, 0.4) is 0 Å². The third-order valence-electron chi connectivity index (χ3n) is 5.51. The van der Waals surface area contributed by atoms with Crippen LogP contribution in [-0.2, 0) is 11.3 Å².